The third kappa shape index (κ3) is 5.58. The van der Waals surface area contributed by atoms with E-state index in [1.165, 1.54) is 82.4 Å². The van der Waals surface area contributed by atoms with E-state index >= 15 is 0 Å². The minimum absolute atomic E-state index is 0.596. The van der Waals surface area contributed by atoms with Crippen LogP contribution in [0.3, 0.4) is 0 Å². The van der Waals surface area contributed by atoms with Crippen LogP contribution in [-0.2, 0) is 5.41 Å². The number of rotatable bonds is 7. The lowest BCUT2D eigenvalue weighted by molar-refractivity contribution is 0.769. The Morgan fingerprint density at radius 2 is 0.806 bits per heavy atom. The molecule has 0 radical (unpaired) electrons. The van der Waals surface area contributed by atoms with Crippen molar-refractivity contribution in [1.29, 1.82) is 0 Å². The topological polar surface area (TPSA) is 3.24 Å². The largest absolute Gasteiger partial charge is 0.310 e. The fourth-order valence-electron chi connectivity index (χ4n) is 10.2. The highest BCUT2D eigenvalue weighted by Crippen LogP contribution is 2.57. The highest BCUT2D eigenvalue weighted by Gasteiger charge is 2.46. The van der Waals surface area contributed by atoms with Gasteiger partial charge in [0.15, 0.2) is 0 Å². The molecule has 0 heterocycles. The zero-order valence-corrected chi connectivity index (χ0v) is 34.0. The predicted octanol–water partition coefficient (Wildman–Crippen LogP) is 15.9. The highest BCUT2D eigenvalue weighted by atomic mass is 15.1. The molecule has 288 valence electrons. The molecule has 0 fully saturated rings. The van der Waals surface area contributed by atoms with Gasteiger partial charge in [-0.05, 0) is 131 Å². The molecule has 1 heteroatoms. The van der Waals surface area contributed by atoms with E-state index in [1.807, 2.05) is 6.07 Å². The van der Waals surface area contributed by atoms with Crippen molar-refractivity contribution in [2.24, 2.45) is 0 Å². The third-order valence-corrected chi connectivity index (χ3v) is 13.0. The molecule has 1 nitrogen and oxygen atoms in total. The number of hydrogen-bond donors (Lipinski definition) is 0. The van der Waals surface area contributed by atoms with Gasteiger partial charge in [-0.15, -0.1) is 0 Å². The van der Waals surface area contributed by atoms with Gasteiger partial charge in [0.1, 0.15) is 0 Å². The third-order valence-electron chi connectivity index (χ3n) is 13.0. The highest BCUT2D eigenvalue weighted by molar-refractivity contribution is 6.25. The Labute approximate surface area is 362 Å². The van der Waals surface area contributed by atoms with Crippen molar-refractivity contribution in [3.8, 4) is 33.4 Å². The molecule has 0 N–H and O–H groups in total. The van der Waals surface area contributed by atoms with E-state index in [0.29, 0.717) is 0 Å². The molecule has 11 aromatic carbocycles. The molecular formula is C61H39N. The molecule has 0 saturated carbocycles. The van der Waals surface area contributed by atoms with Crippen molar-refractivity contribution in [2.75, 3.05) is 4.90 Å². The Morgan fingerprint density at radius 3 is 1.45 bits per heavy atom. The summed E-state index contributed by atoms with van der Waals surface area (Å²) in [7, 11) is 0. The summed E-state index contributed by atoms with van der Waals surface area (Å²) in [5.74, 6) is 0. The zero-order valence-electron chi connectivity index (χ0n) is 34.0. The summed E-state index contributed by atoms with van der Waals surface area (Å²) in [6.45, 7) is 0. The first kappa shape index (κ1) is 35.7. The van der Waals surface area contributed by atoms with Crippen LogP contribution in [0.1, 0.15) is 22.3 Å². The van der Waals surface area contributed by atoms with Gasteiger partial charge in [0, 0.05) is 22.6 Å². The summed E-state index contributed by atoms with van der Waals surface area (Å²) in [5, 5.41) is 7.54. The molecule has 0 amide bonds. The van der Waals surface area contributed by atoms with E-state index in [-0.39, 0.29) is 0 Å². The summed E-state index contributed by atoms with van der Waals surface area (Å²) in [4.78, 5) is 2.44. The van der Waals surface area contributed by atoms with Gasteiger partial charge in [0.25, 0.3) is 0 Å². The summed E-state index contributed by atoms with van der Waals surface area (Å²) in [5.41, 5.74) is 14.7. The lowest BCUT2D eigenvalue weighted by Crippen LogP contribution is -2.28. The van der Waals surface area contributed by atoms with Gasteiger partial charge < -0.3 is 4.90 Å². The van der Waals surface area contributed by atoms with Gasteiger partial charge in [-0.1, -0.05) is 200 Å². The van der Waals surface area contributed by atoms with Crippen LogP contribution >= 0.6 is 0 Å². The second kappa shape index (κ2) is 14.5. The van der Waals surface area contributed by atoms with E-state index in [1.54, 1.807) is 0 Å². The number of hydrogen-bond acceptors (Lipinski definition) is 1. The standard InChI is InChI=1S/C61H39N/c1-4-16-42(17-5-1)43-28-30-44(31-29-43)45-32-34-48(35-33-45)62(49-36-38-55-53-24-11-10-22-51(53)52-23-12-13-25-54(52)58(55)40-49)50-37-39-57-56-26-14-15-27-59(56)61(60(57)41-50,46-18-6-2-7-19-46)47-20-8-3-9-21-47/h1-8,10-20,22-41H. The minimum Gasteiger partial charge on any atom is -0.310 e. The molecule has 0 saturated heterocycles. The lowest BCUT2D eigenvalue weighted by Gasteiger charge is -2.34. The van der Waals surface area contributed by atoms with Crippen molar-refractivity contribution in [1.82, 2.24) is 0 Å². The molecule has 0 aromatic heterocycles. The Bertz CT molecular complexity index is 3350. The Morgan fingerprint density at radius 1 is 0.323 bits per heavy atom. The Kier molecular flexibility index (Phi) is 8.37. The minimum atomic E-state index is -0.596. The van der Waals surface area contributed by atoms with E-state index in [2.05, 4.69) is 248 Å². The molecule has 12 rings (SSSR count). The van der Waals surface area contributed by atoms with Gasteiger partial charge in [-0.25, -0.2) is 0 Å². The van der Waals surface area contributed by atoms with Crippen molar-refractivity contribution >= 4 is 49.4 Å². The number of benzene rings is 10. The molecule has 0 bridgehead atoms. The summed E-state index contributed by atoms with van der Waals surface area (Å²) in [6.07, 6.45) is 0. The normalized spacial score (nSPS) is 12.5. The van der Waals surface area contributed by atoms with Crippen LogP contribution in [-0.4, -0.2) is 0 Å². The molecule has 0 spiro atoms. The molecular weight excluding hydrogens is 747 g/mol. The second-order valence-corrected chi connectivity index (χ2v) is 16.2. The Hall–Kier alpha value is -8.18. The van der Waals surface area contributed by atoms with E-state index in [0.717, 1.165) is 22.6 Å². The van der Waals surface area contributed by atoms with Crippen molar-refractivity contribution < 1.29 is 0 Å². The van der Waals surface area contributed by atoms with Crippen LogP contribution in [0.15, 0.2) is 237 Å². The SMILES string of the molecule is c1cccc(C2(c3ccccc3)c3ccccc3-c3ccc(N(c4ccc(-c5ccc(-c6ccccc6)cc5)cc4)c4ccc5c6ccccc6c6ccccc6c5c4)cc32)c#1. The average molecular weight is 786 g/mol. The maximum atomic E-state index is 3.59. The summed E-state index contributed by atoms with van der Waals surface area (Å²) in [6, 6.07) is 93.2. The van der Waals surface area contributed by atoms with Crippen LogP contribution in [0, 0.1) is 12.1 Å². The van der Waals surface area contributed by atoms with Crippen LogP contribution in [0.25, 0.3) is 65.7 Å². The molecule has 0 aliphatic heterocycles. The van der Waals surface area contributed by atoms with Crippen LogP contribution in [0.4, 0.5) is 17.1 Å². The van der Waals surface area contributed by atoms with E-state index < -0.39 is 5.41 Å². The second-order valence-electron chi connectivity index (χ2n) is 16.2. The first-order valence-corrected chi connectivity index (χ1v) is 21.3. The monoisotopic (exact) mass is 785 g/mol. The smallest absolute Gasteiger partial charge is 0.0793 e. The number of nitrogens with zero attached hydrogens (tertiary/aromatic N) is 1. The van der Waals surface area contributed by atoms with Gasteiger partial charge in [0.2, 0.25) is 0 Å². The van der Waals surface area contributed by atoms with Crippen LogP contribution in [0.5, 0.6) is 0 Å². The lowest BCUT2D eigenvalue weighted by atomic mass is 9.68. The quantitative estimate of drug-likeness (QED) is 0.146. The first-order chi connectivity index (χ1) is 30.8. The fourth-order valence-corrected chi connectivity index (χ4v) is 10.2. The molecule has 1 aliphatic rings. The first-order valence-electron chi connectivity index (χ1n) is 21.3. The predicted molar refractivity (Wildman–Crippen MR) is 259 cm³/mol. The van der Waals surface area contributed by atoms with Gasteiger partial charge >= 0.3 is 0 Å². The van der Waals surface area contributed by atoms with Gasteiger partial charge in [0.05, 0.1) is 5.41 Å². The fraction of sp³-hybridized carbons (Fsp3) is 0.0164. The van der Waals surface area contributed by atoms with Gasteiger partial charge in [-0.3, -0.25) is 0 Å². The van der Waals surface area contributed by atoms with Crippen LogP contribution in [0.2, 0.25) is 0 Å². The van der Waals surface area contributed by atoms with E-state index in [4.69, 9.17) is 0 Å². The van der Waals surface area contributed by atoms with Gasteiger partial charge in [-0.2, -0.15) is 0 Å². The maximum absolute atomic E-state index is 3.59. The maximum Gasteiger partial charge on any atom is 0.0793 e. The zero-order chi connectivity index (χ0) is 41.0. The van der Waals surface area contributed by atoms with Crippen molar-refractivity contribution in [2.45, 2.75) is 5.41 Å². The molecule has 1 atom stereocenters. The van der Waals surface area contributed by atoms with Crippen molar-refractivity contribution in [3.05, 3.63) is 271 Å². The molecule has 11 aromatic rings. The molecule has 1 aliphatic carbocycles. The van der Waals surface area contributed by atoms with E-state index in [9.17, 15) is 0 Å². The molecule has 1 unspecified atom stereocenters. The summed E-state index contributed by atoms with van der Waals surface area (Å²) < 4.78 is 0. The summed E-state index contributed by atoms with van der Waals surface area (Å²) >= 11 is 0. The molecule has 62 heavy (non-hydrogen) atoms. The average Bonchev–Trinajstić information content (AvgIpc) is 3.65. The number of anilines is 3. The van der Waals surface area contributed by atoms with Crippen LogP contribution < -0.4 is 4.90 Å². The number of fused-ring (bicyclic) bond motifs is 9. The Balaban J connectivity index is 1.07. The van der Waals surface area contributed by atoms with Crippen molar-refractivity contribution in [3.63, 3.8) is 0 Å².